The third-order valence-corrected chi connectivity index (χ3v) is 3.96. The van der Waals surface area contributed by atoms with E-state index in [1.165, 1.54) is 32.1 Å². The molecule has 2 saturated carbocycles. The van der Waals surface area contributed by atoms with Gasteiger partial charge < -0.3 is 5.73 Å². The van der Waals surface area contributed by atoms with Gasteiger partial charge >= 0.3 is 0 Å². The summed E-state index contributed by atoms with van der Waals surface area (Å²) in [6.07, 6.45) is 6.49. The van der Waals surface area contributed by atoms with E-state index in [0.29, 0.717) is 6.04 Å². The Hall–Kier alpha value is -0.300. The zero-order chi connectivity index (χ0) is 9.42. The van der Waals surface area contributed by atoms with Crippen LogP contribution in [0.5, 0.6) is 0 Å². The van der Waals surface area contributed by atoms with Crippen molar-refractivity contribution in [3.8, 4) is 0 Å². The largest absolute Gasteiger partial charge is 0.327 e. The maximum atomic E-state index is 5.80. The van der Waals surface area contributed by atoms with Crippen LogP contribution >= 0.6 is 0 Å². The first-order valence-corrected chi connectivity index (χ1v) is 5.62. The molecule has 2 aliphatic rings. The van der Waals surface area contributed by atoms with E-state index in [0.717, 1.165) is 11.8 Å². The standard InChI is InChI=1S/C12H21N/c1-8-3-4-10(5-9(8)2)11-6-12(13)7-11/h8-9,12H,3-7,13H2,1-2H3. The lowest BCUT2D eigenvalue weighted by atomic mass is 9.73. The zero-order valence-corrected chi connectivity index (χ0v) is 8.84. The topological polar surface area (TPSA) is 26.0 Å². The van der Waals surface area contributed by atoms with Gasteiger partial charge in [-0.05, 0) is 43.9 Å². The maximum Gasteiger partial charge on any atom is 0.0114 e. The second kappa shape index (κ2) is 3.45. The van der Waals surface area contributed by atoms with Gasteiger partial charge in [0.15, 0.2) is 0 Å². The molecule has 2 aliphatic carbocycles. The second-order valence-electron chi connectivity index (χ2n) is 5.07. The number of hydrogen-bond donors (Lipinski definition) is 1. The van der Waals surface area contributed by atoms with Gasteiger partial charge in [-0.3, -0.25) is 0 Å². The lowest BCUT2D eigenvalue weighted by Crippen LogP contribution is -2.32. The highest BCUT2D eigenvalue weighted by Crippen LogP contribution is 2.39. The molecule has 0 spiro atoms. The molecule has 0 bridgehead atoms. The van der Waals surface area contributed by atoms with Crippen LogP contribution in [0, 0.1) is 11.8 Å². The average Bonchev–Trinajstić information content (AvgIpc) is 2.05. The molecular formula is C12H21N. The number of hydrogen-bond acceptors (Lipinski definition) is 1. The summed E-state index contributed by atoms with van der Waals surface area (Å²) < 4.78 is 0. The van der Waals surface area contributed by atoms with Crippen LogP contribution in [-0.2, 0) is 0 Å². The highest BCUT2D eigenvalue weighted by molar-refractivity contribution is 5.24. The van der Waals surface area contributed by atoms with Gasteiger partial charge in [0.05, 0.1) is 0 Å². The average molecular weight is 179 g/mol. The van der Waals surface area contributed by atoms with Crippen molar-refractivity contribution in [3.63, 3.8) is 0 Å². The van der Waals surface area contributed by atoms with Crippen LogP contribution in [0.15, 0.2) is 11.1 Å². The maximum absolute atomic E-state index is 5.80. The minimum Gasteiger partial charge on any atom is -0.327 e. The lowest BCUT2D eigenvalue weighted by Gasteiger charge is -2.34. The van der Waals surface area contributed by atoms with Gasteiger partial charge in [-0.25, -0.2) is 0 Å². The van der Waals surface area contributed by atoms with E-state index in [9.17, 15) is 0 Å². The third kappa shape index (κ3) is 1.80. The summed E-state index contributed by atoms with van der Waals surface area (Å²) in [5, 5.41) is 0. The smallest absolute Gasteiger partial charge is 0.0114 e. The third-order valence-electron chi connectivity index (χ3n) is 3.96. The molecule has 2 fully saturated rings. The fourth-order valence-corrected chi connectivity index (χ4v) is 2.56. The summed E-state index contributed by atoms with van der Waals surface area (Å²) in [7, 11) is 0. The second-order valence-corrected chi connectivity index (χ2v) is 5.07. The lowest BCUT2D eigenvalue weighted by molar-refractivity contribution is 0.316. The molecule has 1 nitrogen and oxygen atoms in total. The van der Waals surface area contributed by atoms with Crippen LogP contribution in [0.4, 0.5) is 0 Å². The van der Waals surface area contributed by atoms with E-state index in [2.05, 4.69) is 13.8 Å². The molecule has 1 heteroatoms. The van der Waals surface area contributed by atoms with Crippen molar-refractivity contribution in [2.24, 2.45) is 17.6 Å². The first-order chi connectivity index (χ1) is 6.16. The molecule has 0 aliphatic heterocycles. The molecule has 0 aromatic rings. The van der Waals surface area contributed by atoms with E-state index in [-0.39, 0.29) is 0 Å². The van der Waals surface area contributed by atoms with E-state index in [1.807, 2.05) is 0 Å². The number of rotatable bonds is 0. The van der Waals surface area contributed by atoms with Crippen molar-refractivity contribution >= 4 is 0 Å². The molecule has 0 aromatic heterocycles. The Morgan fingerprint density at radius 3 is 2.23 bits per heavy atom. The van der Waals surface area contributed by atoms with Crippen molar-refractivity contribution < 1.29 is 0 Å². The van der Waals surface area contributed by atoms with Crippen LogP contribution in [0.3, 0.4) is 0 Å². The Morgan fingerprint density at radius 1 is 1.00 bits per heavy atom. The van der Waals surface area contributed by atoms with Crippen molar-refractivity contribution in [2.45, 2.75) is 52.0 Å². The molecule has 13 heavy (non-hydrogen) atoms. The molecule has 2 N–H and O–H groups in total. The van der Waals surface area contributed by atoms with Gasteiger partial charge in [-0.2, -0.15) is 0 Å². The molecule has 74 valence electrons. The van der Waals surface area contributed by atoms with Gasteiger partial charge in [0.1, 0.15) is 0 Å². The SMILES string of the molecule is CC1CCC(=C2CC(N)C2)CC1C. The van der Waals surface area contributed by atoms with Crippen LogP contribution in [0.25, 0.3) is 0 Å². The molecular weight excluding hydrogens is 158 g/mol. The highest BCUT2D eigenvalue weighted by Gasteiger charge is 2.27. The van der Waals surface area contributed by atoms with Crippen molar-refractivity contribution in [1.82, 2.24) is 0 Å². The summed E-state index contributed by atoms with van der Waals surface area (Å²) in [6, 6.07) is 0.483. The Balaban J connectivity index is 1.99. The summed E-state index contributed by atoms with van der Waals surface area (Å²) >= 11 is 0. The highest BCUT2D eigenvalue weighted by atomic mass is 14.7. The molecule has 2 atom stereocenters. The van der Waals surface area contributed by atoms with E-state index in [1.54, 1.807) is 11.1 Å². The molecule has 2 rings (SSSR count). The summed E-state index contributed by atoms with van der Waals surface area (Å²) in [4.78, 5) is 0. The Morgan fingerprint density at radius 2 is 1.69 bits per heavy atom. The predicted octanol–water partition coefficient (Wildman–Crippen LogP) is 2.86. The minimum absolute atomic E-state index is 0.483. The van der Waals surface area contributed by atoms with Crippen molar-refractivity contribution in [1.29, 1.82) is 0 Å². The number of allylic oxidation sites excluding steroid dienone is 1. The summed E-state index contributed by atoms with van der Waals surface area (Å²) in [6.45, 7) is 4.78. The molecule has 0 aromatic carbocycles. The molecule has 0 heterocycles. The quantitative estimate of drug-likeness (QED) is 0.568. The number of nitrogens with two attached hydrogens (primary N) is 1. The Kier molecular flexibility index (Phi) is 2.46. The van der Waals surface area contributed by atoms with E-state index >= 15 is 0 Å². The predicted molar refractivity (Wildman–Crippen MR) is 56.4 cm³/mol. The summed E-state index contributed by atoms with van der Waals surface area (Å²) in [5.74, 6) is 1.83. The minimum atomic E-state index is 0.483. The van der Waals surface area contributed by atoms with E-state index < -0.39 is 0 Å². The fourth-order valence-electron chi connectivity index (χ4n) is 2.56. The fraction of sp³-hybridized carbons (Fsp3) is 0.833. The van der Waals surface area contributed by atoms with Crippen molar-refractivity contribution in [3.05, 3.63) is 11.1 Å². The molecule has 0 radical (unpaired) electrons. The van der Waals surface area contributed by atoms with Gasteiger partial charge in [0.25, 0.3) is 0 Å². The zero-order valence-electron chi connectivity index (χ0n) is 8.84. The van der Waals surface area contributed by atoms with Gasteiger partial charge in [0, 0.05) is 6.04 Å². The molecule has 0 amide bonds. The van der Waals surface area contributed by atoms with Gasteiger partial charge in [-0.15, -0.1) is 0 Å². The van der Waals surface area contributed by atoms with Crippen LogP contribution in [0.2, 0.25) is 0 Å². The Bertz CT molecular complexity index is 221. The van der Waals surface area contributed by atoms with Crippen LogP contribution in [-0.4, -0.2) is 6.04 Å². The summed E-state index contributed by atoms with van der Waals surface area (Å²) in [5.41, 5.74) is 9.26. The first kappa shape index (κ1) is 9.26. The van der Waals surface area contributed by atoms with Crippen LogP contribution < -0.4 is 5.73 Å². The normalized spacial score (nSPS) is 40.4. The monoisotopic (exact) mass is 179 g/mol. The van der Waals surface area contributed by atoms with Crippen molar-refractivity contribution in [2.75, 3.05) is 0 Å². The first-order valence-electron chi connectivity index (χ1n) is 5.62. The molecule has 0 saturated heterocycles. The van der Waals surface area contributed by atoms with Gasteiger partial charge in [0.2, 0.25) is 0 Å². The molecule has 2 unspecified atom stereocenters. The Labute approximate surface area is 81.4 Å². The van der Waals surface area contributed by atoms with Crippen LogP contribution in [0.1, 0.15) is 46.0 Å². The van der Waals surface area contributed by atoms with Gasteiger partial charge in [-0.1, -0.05) is 25.0 Å². The van der Waals surface area contributed by atoms with E-state index in [4.69, 9.17) is 5.73 Å².